The largest absolute Gasteiger partial charge is 1.00 e. The average Bonchev–Trinajstić information content (AvgIpc) is 2.94. The van der Waals surface area contributed by atoms with E-state index in [1.165, 1.54) is 18.2 Å². The molecule has 1 heterocycles. The Balaban J connectivity index is 0.00000288. The Kier molecular flexibility index (Phi) is 7.27. The van der Waals surface area contributed by atoms with Crippen molar-refractivity contribution in [2.24, 2.45) is 5.10 Å². The highest BCUT2D eigenvalue weighted by Gasteiger charge is 2.20. The molecule has 1 aromatic heterocycles. The lowest BCUT2D eigenvalue weighted by Gasteiger charge is -2.05. The molecule has 0 aliphatic heterocycles. The van der Waals surface area contributed by atoms with Crippen LogP contribution < -0.4 is 28.1 Å². The molecule has 9 nitrogen and oxygen atoms in total. The first-order valence-electron chi connectivity index (χ1n) is 6.48. The molecular weight excluding hydrogens is 402 g/mol. The number of benzene rings is 1. The average molecular weight is 415 g/mol. The van der Waals surface area contributed by atoms with Crippen molar-refractivity contribution in [3.8, 4) is 0 Å². The highest BCUT2D eigenvalue weighted by molar-refractivity contribution is 7.13. The Morgan fingerprint density at radius 3 is 2.79 bits per heavy atom. The number of nitrogen functional groups attached to an aromatic ring is 1. The maximum Gasteiger partial charge on any atom is 0.361 e. The molecule has 24 heavy (non-hydrogen) atoms. The fourth-order valence-corrected chi connectivity index (χ4v) is 2.19. The van der Waals surface area contributed by atoms with Crippen LogP contribution in [0.5, 0.6) is 0 Å². The van der Waals surface area contributed by atoms with Gasteiger partial charge in [0.15, 0.2) is 10.8 Å². The molecule has 0 aliphatic rings. The van der Waals surface area contributed by atoms with E-state index in [4.69, 9.17) is 10.5 Å². The van der Waals surface area contributed by atoms with E-state index < -0.39 is 10.9 Å². The maximum atomic E-state index is 12.0. The summed E-state index contributed by atoms with van der Waals surface area (Å²) in [4.78, 5) is 26.4. The lowest BCUT2D eigenvalue weighted by Crippen LogP contribution is -3.00. The number of nitrogens with two attached hydrogens (primary N) is 1. The van der Waals surface area contributed by atoms with Gasteiger partial charge in [0, 0.05) is 11.4 Å². The van der Waals surface area contributed by atoms with E-state index >= 15 is 0 Å². The lowest BCUT2D eigenvalue weighted by atomic mass is 10.3. The van der Waals surface area contributed by atoms with Gasteiger partial charge >= 0.3 is 5.97 Å². The van der Waals surface area contributed by atoms with Gasteiger partial charge in [-0.25, -0.2) is 9.78 Å². The van der Waals surface area contributed by atoms with Crippen LogP contribution in [-0.2, 0) is 9.53 Å². The summed E-state index contributed by atoms with van der Waals surface area (Å²) in [5, 5.41) is 16.7. The summed E-state index contributed by atoms with van der Waals surface area (Å²) in [5.41, 5.74) is 8.16. The van der Waals surface area contributed by atoms with Gasteiger partial charge in [-0.2, -0.15) is 5.10 Å². The molecule has 0 atom stereocenters. The summed E-state index contributed by atoms with van der Waals surface area (Å²) >= 11 is 1.14. The molecule has 11 heteroatoms. The number of halogens is 1. The summed E-state index contributed by atoms with van der Waals surface area (Å²) in [5.74, 6) is -0.705. The summed E-state index contributed by atoms with van der Waals surface area (Å²) in [7, 11) is 0. The normalized spacial score (nSPS) is 10.6. The first-order chi connectivity index (χ1) is 11.0. The van der Waals surface area contributed by atoms with Crippen molar-refractivity contribution in [1.82, 2.24) is 4.98 Å². The number of rotatable bonds is 6. The Labute approximate surface area is 151 Å². The van der Waals surface area contributed by atoms with E-state index in [2.05, 4.69) is 15.5 Å². The molecule has 3 N–H and O–H groups in total. The number of carbonyl (C=O) groups is 1. The highest BCUT2D eigenvalue weighted by Crippen LogP contribution is 2.23. The van der Waals surface area contributed by atoms with Crippen LogP contribution in [0.2, 0.25) is 0 Å². The molecule has 0 amide bonds. The Hall–Kier alpha value is -2.53. The number of esters is 1. The first-order valence-corrected chi connectivity index (χ1v) is 7.36. The number of para-hydroxylation sites is 2. The van der Waals surface area contributed by atoms with Crippen molar-refractivity contribution in [2.75, 3.05) is 17.8 Å². The number of hydrogen-bond acceptors (Lipinski definition) is 9. The van der Waals surface area contributed by atoms with E-state index in [0.29, 0.717) is 0 Å². The molecular formula is C13H13BrN5O4S-. The minimum Gasteiger partial charge on any atom is -1.00 e. The third-order valence-corrected chi connectivity index (χ3v) is 3.30. The third-order valence-electron chi connectivity index (χ3n) is 2.62. The number of nitrogens with zero attached hydrogens (tertiary/aromatic N) is 3. The monoisotopic (exact) mass is 414 g/mol. The molecule has 0 unspecified atom stereocenters. The number of aromatic nitrogens is 1. The third kappa shape index (κ3) is 4.73. The van der Waals surface area contributed by atoms with Crippen LogP contribution in [0.1, 0.15) is 12.6 Å². The van der Waals surface area contributed by atoms with Crippen molar-refractivity contribution >= 4 is 39.5 Å². The van der Waals surface area contributed by atoms with Gasteiger partial charge in [0.25, 0.3) is 5.69 Å². The second-order valence-electron chi connectivity index (χ2n) is 4.14. The lowest BCUT2D eigenvalue weighted by molar-refractivity contribution is -0.384. The maximum absolute atomic E-state index is 12.0. The van der Waals surface area contributed by atoms with Crippen LogP contribution in [0.25, 0.3) is 0 Å². The van der Waals surface area contributed by atoms with Crippen molar-refractivity contribution < 1.29 is 31.4 Å². The molecule has 0 saturated heterocycles. The quantitative estimate of drug-likeness (QED) is 0.268. The number of thiazole rings is 1. The molecule has 0 aliphatic carbocycles. The minimum atomic E-state index is -0.705. The van der Waals surface area contributed by atoms with Gasteiger partial charge in [-0.05, 0) is 13.0 Å². The van der Waals surface area contributed by atoms with Crippen molar-refractivity contribution in [3.63, 3.8) is 0 Å². The highest BCUT2D eigenvalue weighted by atomic mass is 79.9. The fourth-order valence-electron chi connectivity index (χ4n) is 1.65. The summed E-state index contributed by atoms with van der Waals surface area (Å²) in [6, 6.07) is 5.93. The molecule has 0 spiro atoms. The van der Waals surface area contributed by atoms with Crippen molar-refractivity contribution in [3.05, 3.63) is 45.5 Å². The molecule has 2 aromatic rings. The summed E-state index contributed by atoms with van der Waals surface area (Å²) < 4.78 is 4.91. The number of carbonyl (C=O) groups excluding carboxylic acids is 1. The molecule has 1 aromatic carbocycles. The fraction of sp³-hybridized carbons (Fsp3) is 0.154. The van der Waals surface area contributed by atoms with E-state index in [9.17, 15) is 14.9 Å². The summed E-state index contributed by atoms with van der Waals surface area (Å²) in [6.45, 7) is 1.81. The number of nitro benzene ring substituents is 1. The standard InChI is InChI=1S/C13H13N5O4S.BrH/c1-2-22-12(19)11(9-7-23-13(14)15-9)17-16-8-5-3-4-6-10(8)18(20)21;/h3-7,16H,2H2,1H3,(H2,14,15);1H/p-1. The topological polar surface area (TPSA) is 133 Å². The second-order valence-corrected chi connectivity index (χ2v) is 5.03. The number of anilines is 2. The van der Waals surface area contributed by atoms with Crippen LogP contribution >= 0.6 is 11.3 Å². The smallest absolute Gasteiger partial charge is 0.361 e. The molecule has 2 rings (SSSR count). The van der Waals surface area contributed by atoms with Crippen LogP contribution in [0.15, 0.2) is 34.7 Å². The van der Waals surface area contributed by atoms with E-state index in [-0.39, 0.29) is 51.5 Å². The predicted octanol–water partition coefficient (Wildman–Crippen LogP) is -0.983. The second kappa shape index (κ2) is 8.93. The Morgan fingerprint density at radius 1 is 1.50 bits per heavy atom. The predicted molar refractivity (Wildman–Crippen MR) is 86.4 cm³/mol. The zero-order valence-electron chi connectivity index (χ0n) is 12.4. The van der Waals surface area contributed by atoms with Crippen molar-refractivity contribution in [2.45, 2.75) is 6.92 Å². The Morgan fingerprint density at radius 2 is 2.21 bits per heavy atom. The number of hydrogen-bond donors (Lipinski definition) is 2. The van der Waals surface area contributed by atoms with Gasteiger partial charge in [0.2, 0.25) is 0 Å². The first kappa shape index (κ1) is 19.5. The van der Waals surface area contributed by atoms with Crippen LogP contribution in [0, 0.1) is 10.1 Å². The number of hydrazone groups is 1. The van der Waals surface area contributed by atoms with E-state index in [1.807, 2.05) is 0 Å². The van der Waals surface area contributed by atoms with Gasteiger partial charge in [-0.1, -0.05) is 12.1 Å². The van der Waals surface area contributed by atoms with E-state index in [1.54, 1.807) is 18.4 Å². The van der Waals surface area contributed by atoms with Crippen molar-refractivity contribution in [1.29, 1.82) is 0 Å². The van der Waals surface area contributed by atoms with Crippen LogP contribution in [-0.4, -0.2) is 28.2 Å². The minimum absolute atomic E-state index is 0. The van der Waals surface area contributed by atoms with Gasteiger partial charge < -0.3 is 27.5 Å². The van der Waals surface area contributed by atoms with Gasteiger partial charge in [0.05, 0.1) is 11.5 Å². The van der Waals surface area contributed by atoms with Crippen LogP contribution in [0.3, 0.4) is 0 Å². The molecule has 128 valence electrons. The van der Waals surface area contributed by atoms with Gasteiger partial charge in [-0.15, -0.1) is 11.3 Å². The zero-order chi connectivity index (χ0) is 16.8. The SMILES string of the molecule is CCOC(=O)C(=NNc1ccccc1[N+](=O)[O-])c1csc(N)n1.[Br-]. The molecule has 0 saturated carbocycles. The molecule has 0 bridgehead atoms. The van der Waals surface area contributed by atoms with Gasteiger partial charge in [-0.3, -0.25) is 15.5 Å². The van der Waals surface area contributed by atoms with Crippen LogP contribution in [0.4, 0.5) is 16.5 Å². The number of ether oxygens (including phenoxy) is 1. The molecule has 0 radical (unpaired) electrons. The zero-order valence-corrected chi connectivity index (χ0v) is 14.8. The Bertz CT molecular complexity index is 764. The van der Waals surface area contributed by atoms with Gasteiger partial charge in [0.1, 0.15) is 11.4 Å². The number of nitrogens with one attached hydrogen (secondary N) is 1. The van der Waals surface area contributed by atoms with E-state index in [0.717, 1.165) is 11.3 Å². The summed E-state index contributed by atoms with van der Waals surface area (Å²) in [6.07, 6.45) is 0. The number of nitro groups is 1. The molecule has 0 fully saturated rings.